The van der Waals surface area contributed by atoms with Crippen molar-refractivity contribution in [3.05, 3.63) is 12.0 Å². The van der Waals surface area contributed by atoms with Crippen LogP contribution in [0.2, 0.25) is 0 Å². The summed E-state index contributed by atoms with van der Waals surface area (Å²) in [4.78, 5) is 0. The minimum absolute atomic E-state index is 0.646. The summed E-state index contributed by atoms with van der Waals surface area (Å²) in [5.41, 5.74) is 6.88. The van der Waals surface area contributed by atoms with Crippen molar-refractivity contribution in [2.75, 3.05) is 5.73 Å². The zero-order valence-electron chi connectivity index (χ0n) is 4.72. The van der Waals surface area contributed by atoms with Crippen molar-refractivity contribution in [3.8, 4) is 0 Å². The highest BCUT2D eigenvalue weighted by molar-refractivity contribution is 5.38. The summed E-state index contributed by atoms with van der Waals surface area (Å²) in [6, 6.07) is 0. The smallest absolute Gasteiger partial charge is 0.147 e. The zero-order valence-corrected chi connectivity index (χ0v) is 4.72. The van der Waals surface area contributed by atoms with Crippen LogP contribution in [0.1, 0.15) is 12.6 Å². The molecule has 0 fully saturated rings. The first-order valence-electron chi connectivity index (χ1n) is 2.53. The molecule has 0 atom stereocenters. The second kappa shape index (κ2) is 1.86. The molecule has 0 saturated heterocycles. The van der Waals surface area contributed by atoms with Crippen LogP contribution in [0.3, 0.4) is 0 Å². The molecule has 0 unspecified atom stereocenters. The number of anilines is 1. The van der Waals surface area contributed by atoms with Gasteiger partial charge in [-0.3, -0.25) is 0 Å². The van der Waals surface area contributed by atoms with Gasteiger partial charge in [-0.1, -0.05) is 12.1 Å². The van der Waals surface area contributed by atoms with Gasteiger partial charge < -0.3 is 10.3 Å². The first-order chi connectivity index (χ1) is 3.84. The Labute approximate surface area is 47.5 Å². The Morgan fingerprint density at radius 3 is 2.88 bits per heavy atom. The Kier molecular flexibility index (Phi) is 1.20. The highest BCUT2D eigenvalue weighted by Crippen LogP contribution is 2.07. The zero-order chi connectivity index (χ0) is 5.98. The molecule has 2 N–H and O–H groups in total. The van der Waals surface area contributed by atoms with Crippen LogP contribution >= 0.6 is 0 Å². The van der Waals surface area contributed by atoms with Crippen LogP contribution in [0.4, 0.5) is 5.69 Å². The van der Waals surface area contributed by atoms with E-state index >= 15 is 0 Å². The Balaban J connectivity index is 2.92. The Morgan fingerprint density at radius 1 is 1.88 bits per heavy atom. The van der Waals surface area contributed by atoms with Crippen LogP contribution in [0.15, 0.2) is 10.8 Å². The normalized spacial score (nSPS) is 9.62. The van der Waals surface area contributed by atoms with Crippen molar-refractivity contribution in [1.29, 1.82) is 0 Å². The predicted molar refractivity (Wildman–Crippen MR) is 30.3 cm³/mol. The molecule has 0 aliphatic rings. The van der Waals surface area contributed by atoms with Gasteiger partial charge in [0.1, 0.15) is 12.0 Å². The number of nitrogens with two attached hydrogens (primary N) is 1. The van der Waals surface area contributed by atoms with Gasteiger partial charge in [0.15, 0.2) is 0 Å². The molecule has 0 aromatic carbocycles. The minimum Gasteiger partial charge on any atom is -0.395 e. The molecule has 1 rings (SSSR count). The monoisotopic (exact) mass is 112 g/mol. The van der Waals surface area contributed by atoms with Crippen LogP contribution in [0.25, 0.3) is 0 Å². The molecule has 0 radical (unpaired) electrons. The van der Waals surface area contributed by atoms with Crippen LogP contribution in [-0.2, 0) is 6.42 Å². The van der Waals surface area contributed by atoms with Gasteiger partial charge in [0.05, 0.1) is 5.69 Å². The summed E-state index contributed by atoms with van der Waals surface area (Å²) in [6.45, 7) is 1.98. The van der Waals surface area contributed by atoms with E-state index in [1.807, 2.05) is 6.92 Å². The standard InChI is InChI=1S/C5H8N2O/c1-2-5-4(6)3-8-7-5/h3H,2,6H2,1H3. The van der Waals surface area contributed by atoms with Crippen LogP contribution in [0, 0.1) is 0 Å². The van der Waals surface area contributed by atoms with E-state index in [2.05, 4.69) is 9.68 Å². The lowest BCUT2D eigenvalue weighted by Gasteiger charge is -1.83. The molecule has 1 aromatic heterocycles. The third-order valence-electron chi connectivity index (χ3n) is 1.01. The van der Waals surface area contributed by atoms with E-state index in [9.17, 15) is 0 Å². The van der Waals surface area contributed by atoms with Gasteiger partial charge in [-0.15, -0.1) is 0 Å². The fraction of sp³-hybridized carbons (Fsp3) is 0.400. The number of hydrogen-bond donors (Lipinski definition) is 1. The van der Waals surface area contributed by atoms with E-state index in [0.717, 1.165) is 12.1 Å². The van der Waals surface area contributed by atoms with Crippen molar-refractivity contribution in [3.63, 3.8) is 0 Å². The van der Waals surface area contributed by atoms with E-state index in [-0.39, 0.29) is 0 Å². The molecule has 0 aliphatic heterocycles. The molecule has 0 bridgehead atoms. The topological polar surface area (TPSA) is 52.0 Å². The second-order valence-electron chi connectivity index (χ2n) is 1.57. The number of aromatic nitrogens is 1. The molecular formula is C5H8N2O. The fourth-order valence-corrected chi connectivity index (χ4v) is 0.536. The third kappa shape index (κ3) is 0.665. The highest BCUT2D eigenvalue weighted by atomic mass is 16.5. The van der Waals surface area contributed by atoms with Crippen LogP contribution in [0.5, 0.6) is 0 Å². The molecule has 1 aromatic rings. The SMILES string of the molecule is CCc1nocc1N. The van der Waals surface area contributed by atoms with Crippen molar-refractivity contribution in [1.82, 2.24) is 5.16 Å². The summed E-state index contributed by atoms with van der Waals surface area (Å²) >= 11 is 0. The maximum absolute atomic E-state index is 5.39. The lowest BCUT2D eigenvalue weighted by atomic mass is 10.3. The number of nitrogen functional groups attached to an aromatic ring is 1. The number of rotatable bonds is 1. The Bertz CT molecular complexity index is 171. The van der Waals surface area contributed by atoms with Gasteiger partial charge in [0.25, 0.3) is 0 Å². The number of aryl methyl sites for hydroxylation is 1. The number of hydrogen-bond acceptors (Lipinski definition) is 3. The van der Waals surface area contributed by atoms with E-state index < -0.39 is 0 Å². The molecule has 3 nitrogen and oxygen atoms in total. The van der Waals surface area contributed by atoms with Crippen molar-refractivity contribution < 1.29 is 4.52 Å². The van der Waals surface area contributed by atoms with E-state index in [1.54, 1.807) is 0 Å². The highest BCUT2D eigenvalue weighted by Gasteiger charge is 1.97. The largest absolute Gasteiger partial charge is 0.395 e. The minimum atomic E-state index is 0.646. The number of nitrogens with zero attached hydrogens (tertiary/aromatic N) is 1. The van der Waals surface area contributed by atoms with Gasteiger partial charge in [0.2, 0.25) is 0 Å². The molecule has 8 heavy (non-hydrogen) atoms. The molecule has 0 spiro atoms. The average molecular weight is 112 g/mol. The summed E-state index contributed by atoms with van der Waals surface area (Å²) in [5, 5.41) is 3.63. The summed E-state index contributed by atoms with van der Waals surface area (Å²) < 4.78 is 4.56. The second-order valence-corrected chi connectivity index (χ2v) is 1.57. The van der Waals surface area contributed by atoms with Gasteiger partial charge in [-0.05, 0) is 6.42 Å². The third-order valence-corrected chi connectivity index (χ3v) is 1.01. The molecule has 0 saturated carbocycles. The predicted octanol–water partition coefficient (Wildman–Crippen LogP) is 0.819. The summed E-state index contributed by atoms with van der Waals surface area (Å²) in [5.74, 6) is 0. The fourth-order valence-electron chi connectivity index (χ4n) is 0.536. The molecule has 3 heteroatoms. The molecule has 0 amide bonds. The molecule has 1 heterocycles. The lowest BCUT2D eigenvalue weighted by Crippen LogP contribution is -1.87. The maximum atomic E-state index is 5.39. The van der Waals surface area contributed by atoms with E-state index in [1.165, 1.54) is 6.26 Å². The van der Waals surface area contributed by atoms with Crippen molar-refractivity contribution in [2.24, 2.45) is 0 Å². The molecular weight excluding hydrogens is 104 g/mol. The lowest BCUT2D eigenvalue weighted by molar-refractivity contribution is 0.412. The first-order valence-corrected chi connectivity index (χ1v) is 2.53. The van der Waals surface area contributed by atoms with Crippen molar-refractivity contribution in [2.45, 2.75) is 13.3 Å². The van der Waals surface area contributed by atoms with Gasteiger partial charge in [-0.2, -0.15) is 0 Å². The van der Waals surface area contributed by atoms with Gasteiger partial charge in [-0.25, -0.2) is 0 Å². The van der Waals surface area contributed by atoms with Crippen LogP contribution in [-0.4, -0.2) is 5.16 Å². The molecule has 44 valence electrons. The van der Waals surface area contributed by atoms with Crippen LogP contribution < -0.4 is 5.73 Å². The average Bonchev–Trinajstić information content (AvgIpc) is 2.14. The van der Waals surface area contributed by atoms with E-state index in [4.69, 9.17) is 5.73 Å². The summed E-state index contributed by atoms with van der Waals surface area (Å²) in [6.07, 6.45) is 2.28. The maximum Gasteiger partial charge on any atom is 0.147 e. The summed E-state index contributed by atoms with van der Waals surface area (Å²) in [7, 11) is 0. The molecule has 0 aliphatic carbocycles. The van der Waals surface area contributed by atoms with Gasteiger partial charge in [0, 0.05) is 0 Å². The Morgan fingerprint density at radius 2 is 2.62 bits per heavy atom. The first kappa shape index (κ1) is 5.15. The van der Waals surface area contributed by atoms with E-state index in [0.29, 0.717) is 5.69 Å². The van der Waals surface area contributed by atoms with Crippen molar-refractivity contribution >= 4 is 5.69 Å². The quantitative estimate of drug-likeness (QED) is 0.585. The van der Waals surface area contributed by atoms with Gasteiger partial charge >= 0.3 is 0 Å². The Hall–Kier alpha value is -0.990.